The van der Waals surface area contributed by atoms with E-state index in [-0.39, 0.29) is 23.7 Å². The van der Waals surface area contributed by atoms with E-state index in [1.807, 2.05) is 30.3 Å². The number of rotatable bonds is 2. The minimum atomic E-state index is -0.470. The predicted octanol–water partition coefficient (Wildman–Crippen LogP) is 0.767. The molecule has 3 heteroatoms. The molecule has 3 nitrogen and oxygen atoms in total. The number of fused-ring (bicyclic) bond motifs is 1. The second-order valence-corrected chi connectivity index (χ2v) is 5.07. The summed E-state index contributed by atoms with van der Waals surface area (Å²) in [6.07, 6.45) is 1.11. The van der Waals surface area contributed by atoms with Crippen molar-refractivity contribution < 1.29 is 9.90 Å². The number of aliphatic hydroxyl groups excluding tert-OH is 1. The van der Waals surface area contributed by atoms with E-state index in [4.69, 9.17) is 0 Å². The number of Topliss-reactive ketones (excluding diaryl/α,β-unsaturated/α-hetero) is 1. The molecule has 1 aromatic carbocycles. The van der Waals surface area contributed by atoms with Crippen LogP contribution in [0, 0.1) is 11.8 Å². The lowest BCUT2D eigenvalue weighted by Gasteiger charge is -2.16. The quantitative estimate of drug-likeness (QED) is 0.790. The third-order valence-corrected chi connectivity index (χ3v) is 4.09. The Morgan fingerprint density at radius 1 is 1.29 bits per heavy atom. The van der Waals surface area contributed by atoms with Gasteiger partial charge >= 0.3 is 0 Å². The Bertz CT molecular complexity index is 417. The monoisotopic (exact) mass is 231 g/mol. The van der Waals surface area contributed by atoms with E-state index in [2.05, 4.69) is 5.32 Å². The second kappa shape index (κ2) is 4.24. The van der Waals surface area contributed by atoms with Gasteiger partial charge in [-0.25, -0.2) is 0 Å². The summed E-state index contributed by atoms with van der Waals surface area (Å²) < 4.78 is 0. The highest BCUT2D eigenvalue weighted by Crippen LogP contribution is 2.36. The zero-order valence-corrected chi connectivity index (χ0v) is 9.67. The van der Waals surface area contributed by atoms with E-state index in [1.54, 1.807) is 0 Å². The maximum Gasteiger partial charge on any atom is 0.156 e. The number of hydrogen-bond donors (Lipinski definition) is 2. The van der Waals surface area contributed by atoms with E-state index in [1.165, 1.54) is 0 Å². The topological polar surface area (TPSA) is 49.3 Å². The summed E-state index contributed by atoms with van der Waals surface area (Å²) in [6.45, 7) is 0.857. The number of ketones is 1. The Morgan fingerprint density at radius 3 is 2.76 bits per heavy atom. The number of hydrogen-bond acceptors (Lipinski definition) is 3. The number of aliphatic hydroxyl groups is 1. The van der Waals surface area contributed by atoms with Gasteiger partial charge in [0.15, 0.2) is 5.78 Å². The van der Waals surface area contributed by atoms with Gasteiger partial charge in [0.25, 0.3) is 0 Å². The maximum atomic E-state index is 12.2. The first-order valence-electron chi connectivity index (χ1n) is 6.26. The molecule has 0 radical (unpaired) electrons. The van der Waals surface area contributed by atoms with Crippen LogP contribution in [-0.2, 0) is 11.2 Å². The van der Waals surface area contributed by atoms with E-state index < -0.39 is 6.10 Å². The molecule has 90 valence electrons. The van der Waals surface area contributed by atoms with Crippen molar-refractivity contribution >= 4 is 5.78 Å². The van der Waals surface area contributed by atoms with Gasteiger partial charge in [0.05, 0.1) is 12.1 Å². The lowest BCUT2D eigenvalue weighted by Crippen LogP contribution is -2.32. The summed E-state index contributed by atoms with van der Waals surface area (Å²) in [5, 5.41) is 13.4. The first-order chi connectivity index (χ1) is 8.27. The van der Waals surface area contributed by atoms with Crippen molar-refractivity contribution in [2.45, 2.75) is 25.0 Å². The lowest BCUT2D eigenvalue weighted by molar-refractivity contribution is -0.123. The fraction of sp³-hybridized carbons (Fsp3) is 0.500. The molecular formula is C14H17NO2. The Balaban J connectivity index is 1.78. The van der Waals surface area contributed by atoms with Crippen LogP contribution >= 0.6 is 0 Å². The van der Waals surface area contributed by atoms with Crippen LogP contribution in [0.4, 0.5) is 0 Å². The van der Waals surface area contributed by atoms with Gasteiger partial charge < -0.3 is 10.4 Å². The zero-order chi connectivity index (χ0) is 11.8. The molecule has 0 spiro atoms. The van der Waals surface area contributed by atoms with E-state index in [0.29, 0.717) is 6.42 Å². The largest absolute Gasteiger partial charge is 0.392 e. The van der Waals surface area contributed by atoms with Gasteiger partial charge in [0.1, 0.15) is 0 Å². The van der Waals surface area contributed by atoms with Gasteiger partial charge in [-0.2, -0.15) is 0 Å². The molecule has 0 amide bonds. The van der Waals surface area contributed by atoms with Crippen LogP contribution in [0.2, 0.25) is 0 Å². The Morgan fingerprint density at radius 2 is 2.06 bits per heavy atom. The third kappa shape index (κ3) is 1.79. The number of carbonyl (C=O) groups excluding carboxylic acids is 1. The molecule has 0 bridgehead atoms. The van der Waals surface area contributed by atoms with Crippen molar-refractivity contribution in [3.63, 3.8) is 0 Å². The van der Waals surface area contributed by atoms with Crippen molar-refractivity contribution in [1.29, 1.82) is 0 Å². The molecule has 0 aromatic heterocycles. The van der Waals surface area contributed by atoms with Crippen LogP contribution in [-0.4, -0.2) is 29.6 Å². The summed E-state index contributed by atoms with van der Waals surface area (Å²) >= 11 is 0. The third-order valence-electron chi connectivity index (χ3n) is 4.09. The summed E-state index contributed by atoms with van der Waals surface area (Å²) in [5.41, 5.74) is 1.13. The van der Waals surface area contributed by atoms with Crippen molar-refractivity contribution in [3.8, 4) is 0 Å². The molecule has 17 heavy (non-hydrogen) atoms. The highest BCUT2D eigenvalue weighted by Gasteiger charge is 2.50. The fourth-order valence-electron chi connectivity index (χ4n) is 3.19. The molecular weight excluding hydrogens is 214 g/mol. The van der Waals surface area contributed by atoms with Crippen LogP contribution in [0.1, 0.15) is 12.0 Å². The summed E-state index contributed by atoms with van der Waals surface area (Å²) in [6, 6.07) is 9.84. The average Bonchev–Trinajstić information content (AvgIpc) is 2.91. The first-order valence-corrected chi connectivity index (χ1v) is 6.26. The molecule has 1 saturated heterocycles. The Kier molecular flexibility index (Phi) is 2.73. The van der Waals surface area contributed by atoms with Crippen LogP contribution in [0.25, 0.3) is 0 Å². The van der Waals surface area contributed by atoms with Crippen molar-refractivity contribution in [2.75, 3.05) is 6.54 Å². The standard InChI is InChI=1S/C14H17NO2/c16-13-10-6-7-15-12(10)14(17)11(13)8-9-4-2-1-3-5-9/h1-5,10-13,15-16H,6-8H2. The first kappa shape index (κ1) is 10.9. The van der Waals surface area contributed by atoms with Crippen LogP contribution in [0.15, 0.2) is 30.3 Å². The fourth-order valence-corrected chi connectivity index (χ4v) is 3.19. The SMILES string of the molecule is O=C1C(Cc2ccccc2)C(O)C2CCNC12. The summed E-state index contributed by atoms with van der Waals surface area (Å²) in [5.74, 6) is 0.111. The van der Waals surface area contributed by atoms with Gasteiger partial charge in [-0.1, -0.05) is 30.3 Å². The molecule has 2 N–H and O–H groups in total. The Labute approximate surface area is 101 Å². The van der Waals surface area contributed by atoms with Crippen LogP contribution < -0.4 is 5.32 Å². The molecule has 1 heterocycles. The molecule has 1 aliphatic heterocycles. The van der Waals surface area contributed by atoms with Gasteiger partial charge in [0.2, 0.25) is 0 Å². The molecule has 4 atom stereocenters. The minimum absolute atomic E-state index is 0.0984. The number of benzene rings is 1. The van der Waals surface area contributed by atoms with Crippen LogP contribution in [0.5, 0.6) is 0 Å². The van der Waals surface area contributed by atoms with Crippen molar-refractivity contribution in [2.24, 2.45) is 11.8 Å². The molecule has 1 aliphatic carbocycles. The normalized spacial score (nSPS) is 36.2. The Hall–Kier alpha value is -1.19. The summed E-state index contributed by atoms with van der Waals surface area (Å²) in [4.78, 5) is 12.2. The average molecular weight is 231 g/mol. The molecule has 1 saturated carbocycles. The zero-order valence-electron chi connectivity index (χ0n) is 9.67. The highest BCUT2D eigenvalue weighted by molar-refractivity contribution is 5.90. The number of carbonyl (C=O) groups is 1. The van der Waals surface area contributed by atoms with Gasteiger partial charge in [0, 0.05) is 11.8 Å². The van der Waals surface area contributed by atoms with E-state index in [0.717, 1.165) is 18.5 Å². The van der Waals surface area contributed by atoms with Crippen molar-refractivity contribution in [3.05, 3.63) is 35.9 Å². The lowest BCUT2D eigenvalue weighted by atomic mass is 9.93. The summed E-state index contributed by atoms with van der Waals surface area (Å²) in [7, 11) is 0. The molecule has 1 aromatic rings. The molecule has 4 unspecified atom stereocenters. The highest BCUT2D eigenvalue weighted by atomic mass is 16.3. The predicted molar refractivity (Wildman–Crippen MR) is 64.5 cm³/mol. The molecule has 2 fully saturated rings. The van der Waals surface area contributed by atoms with Gasteiger partial charge in [-0.15, -0.1) is 0 Å². The van der Waals surface area contributed by atoms with Crippen molar-refractivity contribution in [1.82, 2.24) is 5.32 Å². The van der Waals surface area contributed by atoms with Crippen LogP contribution in [0.3, 0.4) is 0 Å². The molecule has 2 aliphatic rings. The smallest absolute Gasteiger partial charge is 0.156 e. The number of nitrogens with one attached hydrogen (secondary N) is 1. The van der Waals surface area contributed by atoms with Gasteiger partial charge in [-0.3, -0.25) is 4.79 Å². The molecule has 3 rings (SSSR count). The van der Waals surface area contributed by atoms with E-state index >= 15 is 0 Å². The second-order valence-electron chi connectivity index (χ2n) is 5.07. The minimum Gasteiger partial charge on any atom is -0.392 e. The maximum absolute atomic E-state index is 12.2. The van der Waals surface area contributed by atoms with Gasteiger partial charge in [-0.05, 0) is 24.9 Å². The van der Waals surface area contributed by atoms with E-state index in [9.17, 15) is 9.90 Å².